The fraction of sp³-hybridized carbons (Fsp3) is 0.200. The molecule has 0 saturated heterocycles. The molecule has 0 bridgehead atoms. The van der Waals surface area contributed by atoms with Crippen molar-refractivity contribution in [3.63, 3.8) is 0 Å². The molecule has 0 aliphatic carbocycles. The second-order valence-corrected chi connectivity index (χ2v) is 4.64. The number of ether oxygens (including phenoxy) is 1. The van der Waals surface area contributed by atoms with Crippen LogP contribution in [0.15, 0.2) is 59.5 Å². The van der Waals surface area contributed by atoms with Gasteiger partial charge in [-0.1, -0.05) is 36.4 Å². The van der Waals surface area contributed by atoms with Crippen LogP contribution in [0.5, 0.6) is 5.75 Å². The van der Waals surface area contributed by atoms with Crippen LogP contribution in [0, 0.1) is 0 Å². The van der Waals surface area contributed by atoms with Crippen LogP contribution >= 0.6 is 11.8 Å². The van der Waals surface area contributed by atoms with Crippen molar-refractivity contribution < 1.29 is 4.74 Å². The standard InChI is InChI=1S/C15H16OS/c1-17-15-9-5-8-14(12-15)16-11-10-13-6-3-2-4-7-13/h2-9,12H,10-11H2,1H3. The van der Waals surface area contributed by atoms with Crippen LogP contribution in [0.25, 0.3) is 0 Å². The Morgan fingerprint density at radius 1 is 1.00 bits per heavy atom. The topological polar surface area (TPSA) is 9.23 Å². The van der Waals surface area contributed by atoms with Crippen molar-refractivity contribution in [1.82, 2.24) is 0 Å². The minimum Gasteiger partial charge on any atom is -0.493 e. The predicted octanol–water partition coefficient (Wildman–Crippen LogP) is 4.03. The van der Waals surface area contributed by atoms with Crippen molar-refractivity contribution in [2.45, 2.75) is 11.3 Å². The number of hydrogen-bond donors (Lipinski definition) is 0. The van der Waals surface area contributed by atoms with E-state index in [9.17, 15) is 0 Å². The van der Waals surface area contributed by atoms with E-state index in [0.29, 0.717) is 0 Å². The second-order valence-electron chi connectivity index (χ2n) is 3.76. The highest BCUT2D eigenvalue weighted by molar-refractivity contribution is 7.98. The molecule has 0 atom stereocenters. The molecule has 0 spiro atoms. The maximum absolute atomic E-state index is 5.74. The first-order valence-electron chi connectivity index (χ1n) is 5.69. The second kappa shape index (κ2) is 6.36. The molecule has 1 nitrogen and oxygen atoms in total. The van der Waals surface area contributed by atoms with Gasteiger partial charge in [0.1, 0.15) is 5.75 Å². The van der Waals surface area contributed by atoms with Crippen LogP contribution in [0.4, 0.5) is 0 Å². The van der Waals surface area contributed by atoms with E-state index in [1.165, 1.54) is 10.5 Å². The van der Waals surface area contributed by atoms with E-state index in [1.807, 2.05) is 18.2 Å². The van der Waals surface area contributed by atoms with Crippen molar-refractivity contribution in [2.75, 3.05) is 12.9 Å². The molecule has 2 heteroatoms. The van der Waals surface area contributed by atoms with E-state index < -0.39 is 0 Å². The van der Waals surface area contributed by atoms with E-state index in [0.717, 1.165) is 18.8 Å². The molecule has 17 heavy (non-hydrogen) atoms. The lowest BCUT2D eigenvalue weighted by molar-refractivity contribution is 0.321. The van der Waals surface area contributed by atoms with Crippen LogP contribution in [-0.2, 0) is 6.42 Å². The van der Waals surface area contributed by atoms with Crippen molar-refractivity contribution in [1.29, 1.82) is 0 Å². The van der Waals surface area contributed by atoms with Gasteiger partial charge in [0.25, 0.3) is 0 Å². The van der Waals surface area contributed by atoms with Gasteiger partial charge >= 0.3 is 0 Å². The summed E-state index contributed by atoms with van der Waals surface area (Å²) in [6.45, 7) is 0.724. The number of hydrogen-bond acceptors (Lipinski definition) is 2. The van der Waals surface area contributed by atoms with Crippen LogP contribution < -0.4 is 4.74 Å². The number of thioether (sulfide) groups is 1. The number of rotatable bonds is 5. The van der Waals surface area contributed by atoms with Gasteiger partial charge in [-0.3, -0.25) is 0 Å². The maximum atomic E-state index is 5.74. The van der Waals surface area contributed by atoms with E-state index in [1.54, 1.807) is 11.8 Å². The zero-order valence-electron chi connectivity index (χ0n) is 9.93. The molecule has 0 unspecified atom stereocenters. The van der Waals surface area contributed by atoms with E-state index >= 15 is 0 Å². The molecule has 88 valence electrons. The molecule has 0 aromatic heterocycles. The molecular weight excluding hydrogens is 228 g/mol. The van der Waals surface area contributed by atoms with E-state index in [-0.39, 0.29) is 0 Å². The summed E-state index contributed by atoms with van der Waals surface area (Å²) in [5.41, 5.74) is 1.31. The molecule has 0 aliphatic rings. The quantitative estimate of drug-likeness (QED) is 0.734. The molecule has 2 rings (SSSR count). The van der Waals surface area contributed by atoms with Gasteiger partial charge < -0.3 is 4.74 Å². The number of benzene rings is 2. The Labute approximate surface area is 107 Å². The molecule has 2 aromatic rings. The lowest BCUT2D eigenvalue weighted by Crippen LogP contribution is -2.01. The van der Waals surface area contributed by atoms with Gasteiger partial charge in [0.05, 0.1) is 6.61 Å². The summed E-state index contributed by atoms with van der Waals surface area (Å²) in [6.07, 6.45) is 3.02. The summed E-state index contributed by atoms with van der Waals surface area (Å²) in [5, 5.41) is 0. The highest BCUT2D eigenvalue weighted by Crippen LogP contribution is 2.20. The van der Waals surface area contributed by atoms with Crippen molar-refractivity contribution in [3.8, 4) is 5.75 Å². The van der Waals surface area contributed by atoms with Gasteiger partial charge in [-0.05, 0) is 30.0 Å². The molecule has 2 aromatic carbocycles. The molecule has 0 radical (unpaired) electrons. The molecule has 0 heterocycles. The van der Waals surface area contributed by atoms with Crippen molar-refractivity contribution >= 4 is 11.8 Å². The van der Waals surface area contributed by atoms with Crippen LogP contribution in [0.1, 0.15) is 5.56 Å². The average Bonchev–Trinajstić information content (AvgIpc) is 2.40. The normalized spacial score (nSPS) is 10.2. The fourth-order valence-corrected chi connectivity index (χ4v) is 2.07. The molecule has 0 N–H and O–H groups in total. The van der Waals surface area contributed by atoms with Gasteiger partial charge in [0.2, 0.25) is 0 Å². The Kier molecular flexibility index (Phi) is 4.51. The Hall–Kier alpha value is -1.41. The first-order chi connectivity index (χ1) is 8.38. The van der Waals surface area contributed by atoms with Crippen LogP contribution in [-0.4, -0.2) is 12.9 Å². The average molecular weight is 244 g/mol. The van der Waals surface area contributed by atoms with Crippen LogP contribution in [0.2, 0.25) is 0 Å². The summed E-state index contributed by atoms with van der Waals surface area (Å²) < 4.78 is 5.74. The van der Waals surface area contributed by atoms with Gasteiger partial charge in [-0.2, -0.15) is 0 Å². The van der Waals surface area contributed by atoms with E-state index in [4.69, 9.17) is 4.74 Å². The highest BCUT2D eigenvalue weighted by Gasteiger charge is 1.96. The monoisotopic (exact) mass is 244 g/mol. The van der Waals surface area contributed by atoms with Gasteiger partial charge in [0.15, 0.2) is 0 Å². The van der Waals surface area contributed by atoms with Gasteiger partial charge in [-0.25, -0.2) is 0 Å². The summed E-state index contributed by atoms with van der Waals surface area (Å²) in [5.74, 6) is 0.952. The highest BCUT2D eigenvalue weighted by atomic mass is 32.2. The zero-order valence-corrected chi connectivity index (χ0v) is 10.7. The smallest absolute Gasteiger partial charge is 0.120 e. The molecule has 0 saturated carbocycles. The lowest BCUT2D eigenvalue weighted by atomic mass is 10.2. The molecule has 0 fully saturated rings. The van der Waals surface area contributed by atoms with Crippen molar-refractivity contribution in [3.05, 3.63) is 60.2 Å². The van der Waals surface area contributed by atoms with E-state index in [2.05, 4.69) is 42.7 Å². The lowest BCUT2D eigenvalue weighted by Gasteiger charge is -2.07. The SMILES string of the molecule is CSc1cccc(OCCc2ccccc2)c1. The minimum absolute atomic E-state index is 0.724. The Balaban J connectivity index is 1.86. The van der Waals surface area contributed by atoms with Crippen molar-refractivity contribution in [2.24, 2.45) is 0 Å². The third-order valence-electron chi connectivity index (χ3n) is 2.54. The fourth-order valence-electron chi connectivity index (χ4n) is 1.62. The third-order valence-corrected chi connectivity index (χ3v) is 3.27. The summed E-state index contributed by atoms with van der Waals surface area (Å²) in [4.78, 5) is 1.24. The Morgan fingerprint density at radius 3 is 2.59 bits per heavy atom. The van der Waals surface area contributed by atoms with Crippen LogP contribution in [0.3, 0.4) is 0 Å². The largest absolute Gasteiger partial charge is 0.493 e. The third kappa shape index (κ3) is 3.82. The molecule has 0 amide bonds. The minimum atomic E-state index is 0.724. The summed E-state index contributed by atoms with van der Waals surface area (Å²) >= 11 is 1.73. The first kappa shape index (κ1) is 12.1. The predicted molar refractivity (Wildman–Crippen MR) is 73.9 cm³/mol. The molecular formula is C15H16OS. The summed E-state index contributed by atoms with van der Waals surface area (Å²) in [6, 6.07) is 18.6. The Morgan fingerprint density at radius 2 is 1.82 bits per heavy atom. The first-order valence-corrected chi connectivity index (χ1v) is 6.92. The zero-order chi connectivity index (χ0) is 11.9. The molecule has 0 aliphatic heterocycles. The maximum Gasteiger partial charge on any atom is 0.120 e. The summed E-state index contributed by atoms with van der Waals surface area (Å²) in [7, 11) is 0. The Bertz CT molecular complexity index is 453. The van der Waals surface area contributed by atoms with Gasteiger partial charge in [0, 0.05) is 11.3 Å². The van der Waals surface area contributed by atoms with Gasteiger partial charge in [-0.15, -0.1) is 11.8 Å².